The number of aliphatic hydroxyl groups is 1. The summed E-state index contributed by atoms with van der Waals surface area (Å²) in [5.74, 6) is 2.31. The van der Waals surface area contributed by atoms with Crippen LogP contribution in [0.2, 0.25) is 5.15 Å². The zero-order valence-corrected chi connectivity index (χ0v) is 15.1. The van der Waals surface area contributed by atoms with Crippen LogP contribution >= 0.6 is 11.6 Å². The van der Waals surface area contributed by atoms with E-state index in [2.05, 4.69) is 27.3 Å². The molecule has 2 fully saturated rings. The number of hydrogen-bond acceptors (Lipinski definition) is 6. The Morgan fingerprint density at radius 1 is 1.36 bits per heavy atom. The highest BCUT2D eigenvalue weighted by Crippen LogP contribution is 2.37. The minimum absolute atomic E-state index is 0.110. The number of rotatable bonds is 4. The largest absolute Gasteiger partial charge is 0.389 e. The molecule has 0 bridgehead atoms. The molecule has 3 heterocycles. The molecule has 8 heteroatoms. The molecule has 3 atom stereocenters. The molecular weight excluding hydrogens is 342 g/mol. The van der Waals surface area contributed by atoms with Crippen molar-refractivity contribution < 1.29 is 9.84 Å². The molecular formula is C17H24ClN5O2. The smallest absolute Gasteiger partial charge is 0.241 e. The van der Waals surface area contributed by atoms with E-state index in [-0.39, 0.29) is 6.04 Å². The number of ether oxygens (including phenoxy) is 1. The Bertz CT molecular complexity index is 746. The van der Waals surface area contributed by atoms with Crippen LogP contribution in [0.4, 0.5) is 5.95 Å². The number of anilines is 1. The fourth-order valence-corrected chi connectivity index (χ4v) is 4.17. The Hall–Kier alpha value is -1.44. The zero-order chi connectivity index (χ0) is 17.4. The molecule has 1 saturated carbocycles. The summed E-state index contributed by atoms with van der Waals surface area (Å²) in [6.07, 6.45) is 6.90. The van der Waals surface area contributed by atoms with Crippen molar-refractivity contribution in [2.45, 2.75) is 57.1 Å². The van der Waals surface area contributed by atoms with Crippen LogP contribution in [-0.4, -0.2) is 50.0 Å². The second-order valence-corrected chi connectivity index (χ2v) is 7.51. The molecule has 0 amide bonds. The third kappa shape index (κ3) is 3.32. The van der Waals surface area contributed by atoms with Crippen LogP contribution in [0.15, 0.2) is 6.20 Å². The van der Waals surface area contributed by atoms with Gasteiger partial charge < -0.3 is 15.2 Å². The number of hydrogen-bond donors (Lipinski definition) is 2. The van der Waals surface area contributed by atoms with Crippen molar-refractivity contribution in [3.8, 4) is 0 Å². The second-order valence-electron chi connectivity index (χ2n) is 7.15. The first-order valence-corrected chi connectivity index (χ1v) is 9.45. The van der Waals surface area contributed by atoms with E-state index in [0.717, 1.165) is 17.8 Å². The molecule has 1 unspecified atom stereocenters. The second kappa shape index (κ2) is 7.05. The van der Waals surface area contributed by atoms with Crippen LogP contribution in [0, 0.1) is 5.92 Å². The van der Waals surface area contributed by atoms with Crippen LogP contribution in [0.1, 0.15) is 50.8 Å². The lowest BCUT2D eigenvalue weighted by Crippen LogP contribution is -2.42. The topological polar surface area (TPSA) is 84.6 Å². The molecule has 2 aliphatic rings. The molecule has 1 aliphatic carbocycles. The number of aromatic nitrogens is 4. The Labute approximate surface area is 151 Å². The van der Waals surface area contributed by atoms with Gasteiger partial charge in [0.2, 0.25) is 5.95 Å². The van der Waals surface area contributed by atoms with Gasteiger partial charge in [0, 0.05) is 12.5 Å². The van der Waals surface area contributed by atoms with E-state index in [4.69, 9.17) is 16.3 Å². The highest BCUT2D eigenvalue weighted by Gasteiger charge is 2.28. The third-order valence-corrected chi connectivity index (χ3v) is 5.81. The molecule has 0 radical (unpaired) electrons. The summed E-state index contributed by atoms with van der Waals surface area (Å²) >= 11 is 6.31. The Balaban J connectivity index is 1.63. The molecule has 136 valence electrons. The van der Waals surface area contributed by atoms with Crippen molar-refractivity contribution in [3.05, 3.63) is 17.2 Å². The average Bonchev–Trinajstić information content (AvgIpc) is 3.25. The van der Waals surface area contributed by atoms with Crippen molar-refractivity contribution in [3.63, 3.8) is 0 Å². The monoisotopic (exact) mass is 365 g/mol. The average molecular weight is 366 g/mol. The van der Waals surface area contributed by atoms with Gasteiger partial charge in [0.05, 0.1) is 24.9 Å². The van der Waals surface area contributed by atoms with Gasteiger partial charge in [0.15, 0.2) is 5.15 Å². The first-order chi connectivity index (χ1) is 12.1. The minimum atomic E-state index is -0.559. The van der Waals surface area contributed by atoms with Crippen molar-refractivity contribution in [1.29, 1.82) is 0 Å². The van der Waals surface area contributed by atoms with Gasteiger partial charge in [-0.15, -0.1) is 5.10 Å². The molecule has 1 aliphatic heterocycles. The number of imidazole rings is 1. The minimum Gasteiger partial charge on any atom is -0.389 e. The Morgan fingerprint density at radius 3 is 2.92 bits per heavy atom. The third-order valence-electron chi connectivity index (χ3n) is 5.53. The Morgan fingerprint density at radius 2 is 2.16 bits per heavy atom. The van der Waals surface area contributed by atoms with Crippen LogP contribution in [0.25, 0.3) is 5.52 Å². The predicted molar refractivity (Wildman–Crippen MR) is 95.0 cm³/mol. The Kier molecular flexibility index (Phi) is 4.80. The van der Waals surface area contributed by atoms with Crippen molar-refractivity contribution in [2.24, 2.45) is 5.92 Å². The first-order valence-electron chi connectivity index (χ1n) is 9.07. The zero-order valence-electron chi connectivity index (χ0n) is 14.4. The van der Waals surface area contributed by atoms with Gasteiger partial charge in [-0.1, -0.05) is 31.4 Å². The maximum Gasteiger partial charge on any atom is 0.241 e. The molecule has 25 heavy (non-hydrogen) atoms. The van der Waals surface area contributed by atoms with Gasteiger partial charge >= 0.3 is 0 Å². The number of fused-ring (bicyclic) bond motifs is 1. The highest BCUT2D eigenvalue weighted by atomic mass is 35.5. The van der Waals surface area contributed by atoms with E-state index in [1.807, 2.05) is 4.52 Å². The van der Waals surface area contributed by atoms with Crippen molar-refractivity contribution in [2.75, 3.05) is 18.5 Å². The normalized spacial score (nSPS) is 26.2. The fraction of sp³-hybridized carbons (Fsp3) is 0.706. The maximum atomic E-state index is 10.1. The summed E-state index contributed by atoms with van der Waals surface area (Å²) in [7, 11) is 0. The standard InChI is InChI=1S/C17H24ClN5O2/c1-10(11-4-2-3-5-11)16-21-15(18)13-8-19-17(22-23(13)16)20-12-6-7-25-9-14(12)24/h8,10-12,14,24H,2-7,9H2,1H3,(H,20,22)/t10?,12-,14+/m0/s1. The number of nitrogens with one attached hydrogen (secondary N) is 1. The molecule has 0 spiro atoms. The molecule has 4 rings (SSSR count). The summed E-state index contributed by atoms with van der Waals surface area (Å²) in [4.78, 5) is 8.91. The summed E-state index contributed by atoms with van der Waals surface area (Å²) in [6.45, 7) is 3.16. The van der Waals surface area contributed by atoms with E-state index < -0.39 is 6.10 Å². The van der Waals surface area contributed by atoms with Gasteiger partial charge in [-0.25, -0.2) is 14.5 Å². The molecule has 1 saturated heterocycles. The van der Waals surface area contributed by atoms with Crippen LogP contribution < -0.4 is 5.32 Å². The van der Waals surface area contributed by atoms with Crippen LogP contribution in [0.3, 0.4) is 0 Å². The molecule has 0 aromatic carbocycles. The van der Waals surface area contributed by atoms with Gasteiger partial charge in [0.25, 0.3) is 0 Å². The first kappa shape index (κ1) is 17.0. The van der Waals surface area contributed by atoms with E-state index in [1.165, 1.54) is 25.7 Å². The number of aliphatic hydroxyl groups excluding tert-OH is 1. The summed E-state index contributed by atoms with van der Waals surface area (Å²) in [6, 6.07) is -0.110. The van der Waals surface area contributed by atoms with Crippen LogP contribution in [-0.2, 0) is 4.74 Å². The molecule has 2 N–H and O–H groups in total. The predicted octanol–water partition coefficient (Wildman–Crippen LogP) is 2.63. The number of nitrogens with zero attached hydrogens (tertiary/aromatic N) is 4. The van der Waals surface area contributed by atoms with Gasteiger partial charge in [-0.05, 0) is 25.2 Å². The van der Waals surface area contributed by atoms with Gasteiger partial charge in [-0.2, -0.15) is 0 Å². The van der Waals surface area contributed by atoms with E-state index in [1.54, 1.807) is 6.20 Å². The molecule has 7 nitrogen and oxygen atoms in total. The maximum absolute atomic E-state index is 10.1. The molecule has 2 aromatic rings. The van der Waals surface area contributed by atoms with E-state index >= 15 is 0 Å². The highest BCUT2D eigenvalue weighted by molar-refractivity contribution is 6.32. The fourth-order valence-electron chi connectivity index (χ4n) is 3.96. The van der Waals surface area contributed by atoms with Crippen LogP contribution in [0.5, 0.6) is 0 Å². The SMILES string of the molecule is CC(c1nc(Cl)c2cnc(N[C@H]3CCOC[C@H]3O)nn12)C1CCCC1. The summed E-state index contributed by atoms with van der Waals surface area (Å²) in [5, 5.41) is 18.3. The summed E-state index contributed by atoms with van der Waals surface area (Å²) < 4.78 is 7.08. The molecule has 2 aromatic heterocycles. The van der Waals surface area contributed by atoms with Crippen molar-refractivity contribution in [1.82, 2.24) is 19.6 Å². The quantitative estimate of drug-likeness (QED) is 0.866. The lowest BCUT2D eigenvalue weighted by Gasteiger charge is -2.28. The number of halogens is 1. The van der Waals surface area contributed by atoms with Crippen molar-refractivity contribution >= 4 is 23.1 Å². The lowest BCUT2D eigenvalue weighted by atomic mass is 9.92. The van der Waals surface area contributed by atoms with Gasteiger partial charge in [-0.3, -0.25) is 0 Å². The lowest BCUT2D eigenvalue weighted by molar-refractivity contribution is -0.0136. The summed E-state index contributed by atoms with van der Waals surface area (Å²) in [5.41, 5.74) is 0.722. The van der Waals surface area contributed by atoms with E-state index in [9.17, 15) is 5.11 Å². The van der Waals surface area contributed by atoms with Gasteiger partial charge in [0.1, 0.15) is 11.3 Å². The van der Waals surface area contributed by atoms with E-state index in [0.29, 0.717) is 36.2 Å².